The maximum Gasteiger partial charge on any atom is 0.240 e. The lowest BCUT2D eigenvalue weighted by Crippen LogP contribution is -2.26. The number of aromatic nitrogens is 2. The van der Waals surface area contributed by atoms with Gasteiger partial charge in [-0.2, -0.15) is 5.26 Å². The van der Waals surface area contributed by atoms with E-state index in [1.54, 1.807) is 12.5 Å². The second-order valence-electron chi connectivity index (χ2n) is 3.86. The van der Waals surface area contributed by atoms with Crippen LogP contribution in [-0.2, 0) is 16.4 Å². The van der Waals surface area contributed by atoms with Crippen LogP contribution in [0, 0.1) is 11.3 Å². The zero-order valence-electron chi connectivity index (χ0n) is 10.00. The number of sulfonamides is 1. The number of hydrogen-bond acceptors (Lipinski definition) is 4. The van der Waals surface area contributed by atoms with E-state index in [1.165, 1.54) is 24.3 Å². The molecule has 0 aliphatic rings. The molecule has 0 bridgehead atoms. The lowest BCUT2D eigenvalue weighted by Gasteiger charge is -2.05. The molecule has 0 fully saturated rings. The number of nitrogens with one attached hydrogen (secondary N) is 2. The van der Waals surface area contributed by atoms with E-state index >= 15 is 0 Å². The van der Waals surface area contributed by atoms with Crippen LogP contribution in [0.3, 0.4) is 0 Å². The fraction of sp³-hybridized carbons (Fsp3) is 0.167. The molecule has 0 aliphatic heterocycles. The van der Waals surface area contributed by atoms with Crippen molar-refractivity contribution in [2.75, 3.05) is 6.54 Å². The Hall–Kier alpha value is -2.17. The molecule has 1 aromatic heterocycles. The van der Waals surface area contributed by atoms with Gasteiger partial charge in [-0.05, 0) is 24.3 Å². The Kier molecular flexibility index (Phi) is 3.94. The van der Waals surface area contributed by atoms with Crippen LogP contribution < -0.4 is 4.72 Å². The summed E-state index contributed by atoms with van der Waals surface area (Å²) in [5.74, 6) is 0. The lowest BCUT2D eigenvalue weighted by atomic mass is 10.2. The summed E-state index contributed by atoms with van der Waals surface area (Å²) in [6, 6.07) is 7.72. The number of H-pyrrole nitrogens is 1. The molecule has 1 heterocycles. The van der Waals surface area contributed by atoms with Crippen LogP contribution in [0.4, 0.5) is 0 Å². The lowest BCUT2D eigenvalue weighted by molar-refractivity contribution is 0.581. The average molecular weight is 276 g/mol. The molecule has 0 amide bonds. The normalized spacial score (nSPS) is 11.1. The summed E-state index contributed by atoms with van der Waals surface area (Å²) in [6.45, 7) is 0.282. The van der Waals surface area contributed by atoms with Gasteiger partial charge in [-0.1, -0.05) is 0 Å². The van der Waals surface area contributed by atoms with Gasteiger partial charge in [0.05, 0.1) is 22.9 Å². The van der Waals surface area contributed by atoms with E-state index in [1.807, 2.05) is 6.07 Å². The number of imidazole rings is 1. The first-order valence-corrected chi connectivity index (χ1v) is 7.07. The highest BCUT2D eigenvalue weighted by atomic mass is 32.2. The fourth-order valence-corrected chi connectivity index (χ4v) is 2.57. The molecule has 0 saturated carbocycles. The van der Waals surface area contributed by atoms with E-state index < -0.39 is 10.0 Å². The molecular formula is C12H12N4O2S. The van der Waals surface area contributed by atoms with E-state index in [9.17, 15) is 8.42 Å². The highest BCUT2D eigenvalue weighted by Crippen LogP contribution is 2.09. The van der Waals surface area contributed by atoms with E-state index in [-0.39, 0.29) is 11.4 Å². The highest BCUT2D eigenvalue weighted by molar-refractivity contribution is 7.89. The van der Waals surface area contributed by atoms with E-state index in [0.717, 1.165) is 5.69 Å². The molecular weight excluding hydrogens is 264 g/mol. The number of hydrogen-bond donors (Lipinski definition) is 2. The summed E-state index contributed by atoms with van der Waals surface area (Å²) in [7, 11) is -3.53. The van der Waals surface area contributed by atoms with Gasteiger partial charge in [-0.25, -0.2) is 18.1 Å². The van der Waals surface area contributed by atoms with Crippen LogP contribution >= 0.6 is 0 Å². The van der Waals surface area contributed by atoms with Gasteiger partial charge in [0, 0.05) is 24.9 Å². The second-order valence-corrected chi connectivity index (χ2v) is 5.63. The second kappa shape index (κ2) is 5.65. The molecule has 2 aromatic rings. The maximum atomic E-state index is 11.9. The topological polar surface area (TPSA) is 98.6 Å². The summed E-state index contributed by atoms with van der Waals surface area (Å²) in [5, 5.41) is 8.65. The van der Waals surface area contributed by atoms with Gasteiger partial charge in [0.15, 0.2) is 0 Å². The van der Waals surface area contributed by atoms with Crippen molar-refractivity contribution in [3.63, 3.8) is 0 Å². The first kappa shape index (κ1) is 13.3. The minimum absolute atomic E-state index is 0.149. The van der Waals surface area contributed by atoms with E-state index in [0.29, 0.717) is 12.0 Å². The Bertz CT molecular complexity index is 670. The standard InChI is InChI=1S/C12H12N4O2S/c13-7-10-1-3-12(4-2-10)19(17,18)16-6-5-11-8-14-9-15-11/h1-4,8-9,16H,5-6H2,(H,14,15). The molecule has 0 spiro atoms. The number of aromatic amines is 1. The molecule has 2 rings (SSSR count). The summed E-state index contributed by atoms with van der Waals surface area (Å²) < 4.78 is 26.4. The number of nitrogens with zero attached hydrogens (tertiary/aromatic N) is 2. The zero-order chi connectivity index (χ0) is 13.7. The monoisotopic (exact) mass is 276 g/mol. The Labute approximate surface area is 111 Å². The molecule has 19 heavy (non-hydrogen) atoms. The largest absolute Gasteiger partial charge is 0.348 e. The van der Waals surface area contributed by atoms with E-state index in [4.69, 9.17) is 5.26 Å². The molecule has 0 radical (unpaired) electrons. The summed E-state index contributed by atoms with van der Waals surface area (Å²) in [4.78, 5) is 6.90. The van der Waals surface area contributed by atoms with Crippen molar-refractivity contribution >= 4 is 10.0 Å². The third-order valence-corrected chi connectivity index (χ3v) is 4.01. The van der Waals surface area contributed by atoms with Gasteiger partial charge in [0.25, 0.3) is 0 Å². The zero-order valence-corrected chi connectivity index (χ0v) is 10.8. The minimum Gasteiger partial charge on any atom is -0.348 e. The van der Waals surface area contributed by atoms with Gasteiger partial charge < -0.3 is 4.98 Å². The Morgan fingerprint density at radius 3 is 2.63 bits per heavy atom. The highest BCUT2D eigenvalue weighted by Gasteiger charge is 2.13. The molecule has 1 aromatic carbocycles. The first-order valence-electron chi connectivity index (χ1n) is 5.59. The predicted octanol–water partition coefficient (Wildman–Crippen LogP) is 0.802. The third-order valence-electron chi connectivity index (χ3n) is 2.53. The molecule has 7 heteroatoms. The van der Waals surface area contributed by atoms with Crippen molar-refractivity contribution < 1.29 is 8.42 Å². The van der Waals surface area contributed by atoms with E-state index in [2.05, 4.69) is 14.7 Å². The average Bonchev–Trinajstić information content (AvgIpc) is 2.92. The quantitative estimate of drug-likeness (QED) is 0.843. The summed E-state index contributed by atoms with van der Waals surface area (Å²) >= 11 is 0. The van der Waals surface area contributed by atoms with Crippen LogP contribution in [0.5, 0.6) is 0 Å². The minimum atomic E-state index is -3.53. The van der Waals surface area contributed by atoms with Crippen LogP contribution in [0.1, 0.15) is 11.3 Å². The third kappa shape index (κ3) is 3.40. The number of benzene rings is 1. The smallest absolute Gasteiger partial charge is 0.240 e. The molecule has 0 saturated heterocycles. The number of nitriles is 1. The maximum absolute atomic E-state index is 11.9. The molecule has 98 valence electrons. The van der Waals surface area contributed by atoms with Gasteiger partial charge >= 0.3 is 0 Å². The molecule has 6 nitrogen and oxygen atoms in total. The van der Waals surface area contributed by atoms with Gasteiger partial charge in [0.2, 0.25) is 10.0 Å². The molecule has 2 N–H and O–H groups in total. The van der Waals surface area contributed by atoms with Gasteiger partial charge in [-0.3, -0.25) is 0 Å². The van der Waals surface area contributed by atoms with Crippen LogP contribution in [-0.4, -0.2) is 24.9 Å². The Morgan fingerprint density at radius 1 is 1.32 bits per heavy atom. The van der Waals surface area contributed by atoms with Crippen molar-refractivity contribution in [3.05, 3.63) is 48.0 Å². The number of rotatable bonds is 5. The fourth-order valence-electron chi connectivity index (χ4n) is 1.53. The van der Waals surface area contributed by atoms with Gasteiger partial charge in [0.1, 0.15) is 0 Å². The SMILES string of the molecule is N#Cc1ccc(S(=O)(=O)NCCc2cnc[nH]2)cc1. The van der Waals surface area contributed by atoms with Crippen LogP contribution in [0.15, 0.2) is 41.7 Å². The molecule has 0 aliphatic carbocycles. The van der Waals surface area contributed by atoms with Crippen LogP contribution in [0.25, 0.3) is 0 Å². The summed E-state index contributed by atoms with van der Waals surface area (Å²) in [6.07, 6.45) is 3.73. The summed E-state index contributed by atoms with van der Waals surface area (Å²) in [5.41, 5.74) is 1.29. The Morgan fingerprint density at radius 2 is 2.05 bits per heavy atom. The molecule has 0 atom stereocenters. The molecule has 0 unspecified atom stereocenters. The Balaban J connectivity index is 1.99. The predicted molar refractivity (Wildman–Crippen MR) is 68.6 cm³/mol. The first-order chi connectivity index (χ1) is 9.12. The van der Waals surface area contributed by atoms with Crippen molar-refractivity contribution in [1.29, 1.82) is 5.26 Å². The van der Waals surface area contributed by atoms with Gasteiger partial charge in [-0.15, -0.1) is 0 Å². The van der Waals surface area contributed by atoms with Crippen molar-refractivity contribution in [2.24, 2.45) is 0 Å². The van der Waals surface area contributed by atoms with Crippen molar-refractivity contribution in [1.82, 2.24) is 14.7 Å². The van der Waals surface area contributed by atoms with Crippen molar-refractivity contribution in [3.8, 4) is 6.07 Å². The van der Waals surface area contributed by atoms with Crippen molar-refractivity contribution in [2.45, 2.75) is 11.3 Å². The van der Waals surface area contributed by atoms with Crippen LogP contribution in [0.2, 0.25) is 0 Å².